The summed E-state index contributed by atoms with van der Waals surface area (Å²) in [6.45, 7) is 0.704. The van der Waals surface area contributed by atoms with Crippen molar-refractivity contribution in [3.05, 3.63) is 23.8 Å². The molecule has 0 saturated carbocycles. The molecule has 6 heteroatoms. The maximum atomic E-state index is 9.44. The molecule has 104 valence electrons. The van der Waals surface area contributed by atoms with Crippen LogP contribution < -0.4 is 10.2 Å². The number of methoxy groups -OCH3 is 1. The van der Waals surface area contributed by atoms with Crippen LogP contribution in [-0.2, 0) is 6.54 Å². The summed E-state index contributed by atoms with van der Waals surface area (Å²) < 4.78 is 5.21. The van der Waals surface area contributed by atoms with Crippen molar-refractivity contribution >= 4 is 24.3 Å². The maximum Gasteiger partial charge on any atom is 0.488 e. The Balaban J connectivity index is 2.16. The van der Waals surface area contributed by atoms with Gasteiger partial charge in [-0.1, -0.05) is 6.07 Å². The Hall–Kier alpha value is -0.685. The number of nitrogens with zero attached hydrogens (tertiary/aromatic N) is 1. The molecule has 1 atom stereocenters. The van der Waals surface area contributed by atoms with Crippen molar-refractivity contribution in [1.29, 1.82) is 0 Å². The molecule has 2 N–H and O–H groups in total. The largest absolute Gasteiger partial charge is 0.497 e. The van der Waals surface area contributed by atoms with Gasteiger partial charge >= 0.3 is 7.12 Å². The van der Waals surface area contributed by atoms with Gasteiger partial charge < -0.3 is 14.8 Å². The van der Waals surface area contributed by atoms with Crippen LogP contribution >= 0.6 is 11.8 Å². The van der Waals surface area contributed by atoms with Crippen molar-refractivity contribution in [3.8, 4) is 5.75 Å². The summed E-state index contributed by atoms with van der Waals surface area (Å²) in [7, 11) is 2.27. The van der Waals surface area contributed by atoms with Gasteiger partial charge in [0.05, 0.1) is 7.11 Å². The minimum Gasteiger partial charge on any atom is -0.497 e. The summed E-state index contributed by atoms with van der Waals surface area (Å²) in [5.74, 6) is 3.11. The Kier molecular flexibility index (Phi) is 5.16. The Bertz CT molecular complexity index is 424. The van der Waals surface area contributed by atoms with Crippen molar-refractivity contribution in [2.24, 2.45) is 0 Å². The first-order valence-electron chi connectivity index (χ1n) is 6.42. The molecule has 1 unspecified atom stereocenters. The lowest BCUT2D eigenvalue weighted by Crippen LogP contribution is -2.37. The zero-order valence-electron chi connectivity index (χ0n) is 11.4. The SMILES string of the molecule is COc1ccc(B(O)O)c(CN(C)C2CCSC2)c1. The second-order valence-corrected chi connectivity index (χ2v) is 6.02. The number of benzene rings is 1. The van der Waals surface area contributed by atoms with Crippen LogP contribution in [-0.4, -0.2) is 53.8 Å². The molecule has 0 bridgehead atoms. The zero-order chi connectivity index (χ0) is 13.8. The van der Waals surface area contributed by atoms with Crippen LogP contribution in [0.3, 0.4) is 0 Å². The highest BCUT2D eigenvalue weighted by Crippen LogP contribution is 2.23. The van der Waals surface area contributed by atoms with Gasteiger partial charge in [-0.3, -0.25) is 4.90 Å². The summed E-state index contributed by atoms with van der Waals surface area (Å²) in [5, 5.41) is 18.9. The number of ether oxygens (including phenoxy) is 1. The summed E-state index contributed by atoms with van der Waals surface area (Å²) in [5.41, 5.74) is 1.46. The summed E-state index contributed by atoms with van der Waals surface area (Å²) in [6, 6.07) is 5.92. The van der Waals surface area contributed by atoms with E-state index in [2.05, 4.69) is 11.9 Å². The predicted octanol–water partition coefficient (Wildman–Crippen LogP) is 0.312. The van der Waals surface area contributed by atoms with Crippen LogP contribution in [0.1, 0.15) is 12.0 Å². The Morgan fingerprint density at radius 3 is 2.84 bits per heavy atom. The monoisotopic (exact) mass is 281 g/mol. The molecule has 0 radical (unpaired) electrons. The third kappa shape index (κ3) is 3.66. The lowest BCUT2D eigenvalue weighted by molar-refractivity contribution is 0.254. The van der Waals surface area contributed by atoms with Gasteiger partial charge in [0.2, 0.25) is 0 Å². The fourth-order valence-corrected chi connectivity index (χ4v) is 3.66. The van der Waals surface area contributed by atoms with Crippen molar-refractivity contribution in [1.82, 2.24) is 4.90 Å². The first-order chi connectivity index (χ1) is 9.11. The minimum absolute atomic E-state index is 0.554. The van der Waals surface area contributed by atoms with E-state index >= 15 is 0 Å². The normalized spacial score (nSPS) is 18.9. The molecule has 1 fully saturated rings. The van der Waals surface area contributed by atoms with Crippen LogP contribution in [0.25, 0.3) is 0 Å². The smallest absolute Gasteiger partial charge is 0.488 e. The number of hydrogen-bond donors (Lipinski definition) is 2. The summed E-state index contributed by atoms with van der Waals surface area (Å²) >= 11 is 1.97. The molecule has 2 rings (SSSR count). The molecule has 4 nitrogen and oxygen atoms in total. The minimum atomic E-state index is -1.44. The highest BCUT2D eigenvalue weighted by molar-refractivity contribution is 7.99. The molecule has 1 aliphatic heterocycles. The second-order valence-electron chi connectivity index (χ2n) is 4.87. The molecular weight excluding hydrogens is 261 g/mol. The van der Waals surface area contributed by atoms with E-state index in [9.17, 15) is 10.0 Å². The molecule has 0 amide bonds. The van der Waals surface area contributed by atoms with Crippen molar-refractivity contribution < 1.29 is 14.8 Å². The van der Waals surface area contributed by atoms with Crippen LogP contribution in [0.2, 0.25) is 0 Å². The van der Waals surface area contributed by atoms with E-state index in [1.165, 1.54) is 12.2 Å². The standard InChI is InChI=1S/C13H20BNO3S/c1-15(11-5-6-19-9-11)8-10-7-12(18-2)3-4-13(10)14(16)17/h3-4,7,11,16-17H,5-6,8-9H2,1-2H3. The molecule has 0 aromatic heterocycles. The van der Waals surface area contributed by atoms with Gasteiger partial charge in [0.25, 0.3) is 0 Å². The maximum absolute atomic E-state index is 9.44. The molecule has 1 aliphatic rings. The van der Waals surface area contributed by atoms with Crippen LogP contribution in [0.15, 0.2) is 18.2 Å². The molecule has 0 aliphatic carbocycles. The first kappa shape index (κ1) is 14.7. The zero-order valence-corrected chi connectivity index (χ0v) is 12.2. The van der Waals surface area contributed by atoms with Gasteiger partial charge in [-0.25, -0.2) is 0 Å². The highest BCUT2D eigenvalue weighted by atomic mass is 32.2. The van der Waals surface area contributed by atoms with Crippen LogP contribution in [0.5, 0.6) is 5.75 Å². The van der Waals surface area contributed by atoms with Crippen molar-refractivity contribution in [3.63, 3.8) is 0 Å². The molecule has 1 saturated heterocycles. The van der Waals surface area contributed by atoms with E-state index in [1.807, 2.05) is 17.8 Å². The van der Waals surface area contributed by atoms with Gasteiger partial charge in [0, 0.05) is 18.3 Å². The molecule has 1 heterocycles. The molecule has 0 spiro atoms. The first-order valence-corrected chi connectivity index (χ1v) is 7.58. The molecular formula is C13H20BNO3S. The second kappa shape index (κ2) is 6.66. The topological polar surface area (TPSA) is 52.9 Å². The predicted molar refractivity (Wildman–Crippen MR) is 80.0 cm³/mol. The van der Waals surface area contributed by atoms with Crippen LogP contribution in [0.4, 0.5) is 0 Å². The average molecular weight is 281 g/mol. The number of thioether (sulfide) groups is 1. The van der Waals surface area contributed by atoms with Gasteiger partial charge in [-0.2, -0.15) is 11.8 Å². The van der Waals surface area contributed by atoms with Crippen molar-refractivity contribution in [2.75, 3.05) is 25.7 Å². The van der Waals surface area contributed by atoms with E-state index in [-0.39, 0.29) is 0 Å². The quantitative estimate of drug-likeness (QED) is 0.761. The van der Waals surface area contributed by atoms with Crippen molar-refractivity contribution in [2.45, 2.75) is 19.0 Å². The molecule has 1 aromatic carbocycles. The summed E-state index contributed by atoms with van der Waals surface area (Å²) in [4.78, 5) is 2.28. The fourth-order valence-electron chi connectivity index (χ4n) is 2.37. The molecule has 1 aromatic rings. The van der Waals surface area contributed by atoms with E-state index < -0.39 is 7.12 Å². The fraction of sp³-hybridized carbons (Fsp3) is 0.538. The third-order valence-corrected chi connectivity index (χ3v) is 4.72. The highest BCUT2D eigenvalue weighted by Gasteiger charge is 2.23. The summed E-state index contributed by atoms with van der Waals surface area (Å²) in [6.07, 6.45) is 1.20. The Labute approximate surface area is 118 Å². The van der Waals surface area contributed by atoms with E-state index in [1.54, 1.807) is 19.2 Å². The van der Waals surface area contributed by atoms with Gasteiger partial charge in [-0.05, 0) is 42.4 Å². The number of rotatable bonds is 5. The van der Waals surface area contributed by atoms with E-state index in [0.717, 1.165) is 17.1 Å². The average Bonchev–Trinajstić information content (AvgIpc) is 2.92. The van der Waals surface area contributed by atoms with E-state index in [4.69, 9.17) is 4.74 Å². The molecule has 19 heavy (non-hydrogen) atoms. The Morgan fingerprint density at radius 2 is 2.26 bits per heavy atom. The van der Waals surface area contributed by atoms with E-state index in [0.29, 0.717) is 18.0 Å². The van der Waals surface area contributed by atoms with Crippen LogP contribution in [0, 0.1) is 0 Å². The van der Waals surface area contributed by atoms with Gasteiger partial charge in [0.1, 0.15) is 5.75 Å². The van der Waals surface area contributed by atoms with Gasteiger partial charge in [0.15, 0.2) is 0 Å². The Morgan fingerprint density at radius 1 is 1.47 bits per heavy atom. The number of hydrogen-bond acceptors (Lipinski definition) is 5. The van der Waals surface area contributed by atoms with Gasteiger partial charge in [-0.15, -0.1) is 0 Å². The lowest BCUT2D eigenvalue weighted by atomic mass is 9.77. The lowest BCUT2D eigenvalue weighted by Gasteiger charge is -2.25. The third-order valence-electron chi connectivity index (χ3n) is 3.58.